The Morgan fingerprint density at radius 3 is 2.79 bits per heavy atom. The maximum absolute atomic E-state index is 10.8. The van der Waals surface area contributed by atoms with Crippen LogP contribution in [0.4, 0.5) is 5.13 Å². The second-order valence-electron chi connectivity index (χ2n) is 4.63. The van der Waals surface area contributed by atoms with Crippen LogP contribution in [0.25, 0.3) is 0 Å². The average Bonchev–Trinajstić information content (AvgIpc) is 2.82. The van der Waals surface area contributed by atoms with E-state index in [9.17, 15) is 4.79 Å². The van der Waals surface area contributed by atoms with Crippen molar-refractivity contribution in [1.29, 1.82) is 0 Å². The van der Waals surface area contributed by atoms with Crippen molar-refractivity contribution in [1.82, 2.24) is 4.98 Å². The van der Waals surface area contributed by atoms with Crippen molar-refractivity contribution >= 4 is 22.4 Å². The van der Waals surface area contributed by atoms with Crippen molar-refractivity contribution in [3.8, 4) is 5.88 Å². The molecule has 1 unspecified atom stereocenters. The van der Waals surface area contributed by atoms with E-state index in [-0.39, 0.29) is 6.42 Å². The van der Waals surface area contributed by atoms with Gasteiger partial charge < -0.3 is 20.5 Å². The van der Waals surface area contributed by atoms with E-state index in [0.717, 1.165) is 23.1 Å². The van der Waals surface area contributed by atoms with Crippen LogP contribution in [0.15, 0.2) is 0 Å². The van der Waals surface area contributed by atoms with E-state index in [1.807, 2.05) is 0 Å². The van der Waals surface area contributed by atoms with Gasteiger partial charge in [-0.05, 0) is 19.3 Å². The highest BCUT2D eigenvalue weighted by molar-refractivity contribution is 7.15. The Balaban J connectivity index is 2.14. The van der Waals surface area contributed by atoms with Gasteiger partial charge in [-0.3, -0.25) is 4.79 Å². The summed E-state index contributed by atoms with van der Waals surface area (Å²) in [6.07, 6.45) is 3.86. The van der Waals surface area contributed by atoms with E-state index < -0.39 is 12.0 Å². The van der Waals surface area contributed by atoms with Gasteiger partial charge in [0.1, 0.15) is 6.04 Å². The Hall–Kier alpha value is -1.34. The molecule has 2 rings (SSSR count). The molecule has 1 aliphatic rings. The first-order valence-electron chi connectivity index (χ1n) is 6.39. The molecule has 0 amide bonds. The molecule has 0 saturated carbocycles. The molecule has 1 saturated heterocycles. The Kier molecular flexibility index (Phi) is 4.60. The number of nitrogens with two attached hydrogens (primary N) is 1. The number of rotatable bonds is 5. The minimum atomic E-state index is -1.00. The monoisotopic (exact) mass is 285 g/mol. The molecule has 1 aliphatic heterocycles. The number of nitrogens with zero attached hydrogens (tertiary/aromatic N) is 2. The third-order valence-corrected chi connectivity index (χ3v) is 4.31. The van der Waals surface area contributed by atoms with Gasteiger partial charge in [-0.2, -0.15) is 4.98 Å². The maximum Gasteiger partial charge on any atom is 0.320 e. The topological polar surface area (TPSA) is 88.7 Å². The summed E-state index contributed by atoms with van der Waals surface area (Å²) in [4.78, 5) is 18.3. The molecule has 2 heterocycles. The van der Waals surface area contributed by atoms with Crippen LogP contribution in [-0.2, 0) is 11.2 Å². The summed E-state index contributed by atoms with van der Waals surface area (Å²) in [5.74, 6) is -0.503. The quantitative estimate of drug-likeness (QED) is 0.842. The van der Waals surface area contributed by atoms with Crippen LogP contribution in [0.5, 0.6) is 5.88 Å². The maximum atomic E-state index is 10.8. The first kappa shape index (κ1) is 14.1. The molecule has 0 bridgehead atoms. The van der Waals surface area contributed by atoms with Crippen LogP contribution >= 0.6 is 11.3 Å². The Labute approximate surface area is 116 Å². The van der Waals surface area contributed by atoms with Gasteiger partial charge in [0.2, 0.25) is 5.88 Å². The Morgan fingerprint density at radius 2 is 2.21 bits per heavy atom. The lowest BCUT2D eigenvalue weighted by Gasteiger charge is -2.25. The summed E-state index contributed by atoms with van der Waals surface area (Å²) in [5, 5.41) is 9.78. The van der Waals surface area contributed by atoms with Crippen LogP contribution in [0.1, 0.15) is 24.1 Å². The largest absolute Gasteiger partial charge is 0.480 e. The van der Waals surface area contributed by atoms with Crippen molar-refractivity contribution in [2.24, 2.45) is 5.73 Å². The predicted molar refractivity (Wildman–Crippen MR) is 74.0 cm³/mol. The molecule has 0 aliphatic carbocycles. The molecule has 6 nitrogen and oxygen atoms in total. The summed E-state index contributed by atoms with van der Waals surface area (Å²) in [6, 6.07) is -0.913. The lowest BCUT2D eigenvalue weighted by molar-refractivity contribution is -0.138. The first-order chi connectivity index (χ1) is 9.11. The van der Waals surface area contributed by atoms with Gasteiger partial charge in [0.15, 0.2) is 5.13 Å². The number of thiazole rings is 1. The molecular weight excluding hydrogens is 266 g/mol. The van der Waals surface area contributed by atoms with Gasteiger partial charge in [-0.25, -0.2) is 0 Å². The number of hydrogen-bond acceptors (Lipinski definition) is 6. The smallest absolute Gasteiger partial charge is 0.320 e. The van der Waals surface area contributed by atoms with Crippen LogP contribution in [0, 0.1) is 0 Å². The number of piperidine rings is 1. The van der Waals surface area contributed by atoms with Crippen LogP contribution in [0.2, 0.25) is 0 Å². The van der Waals surface area contributed by atoms with Gasteiger partial charge in [0, 0.05) is 19.5 Å². The van der Waals surface area contributed by atoms with Gasteiger partial charge in [0.25, 0.3) is 0 Å². The molecule has 0 radical (unpaired) electrons. The van der Waals surface area contributed by atoms with Crippen LogP contribution in [-0.4, -0.2) is 42.3 Å². The zero-order valence-electron chi connectivity index (χ0n) is 11.0. The van der Waals surface area contributed by atoms with Gasteiger partial charge in [-0.1, -0.05) is 11.3 Å². The molecule has 0 aromatic carbocycles. The number of carboxylic acids is 1. The highest BCUT2D eigenvalue weighted by Gasteiger charge is 2.22. The fourth-order valence-corrected chi connectivity index (χ4v) is 3.26. The molecule has 1 aromatic heterocycles. The average molecular weight is 285 g/mol. The third-order valence-electron chi connectivity index (χ3n) is 3.19. The molecule has 106 valence electrons. The zero-order chi connectivity index (χ0) is 13.8. The van der Waals surface area contributed by atoms with E-state index in [4.69, 9.17) is 15.6 Å². The van der Waals surface area contributed by atoms with E-state index in [1.165, 1.54) is 30.6 Å². The van der Waals surface area contributed by atoms with Crippen LogP contribution in [0.3, 0.4) is 0 Å². The molecule has 3 N–H and O–H groups in total. The summed E-state index contributed by atoms with van der Waals surface area (Å²) < 4.78 is 5.22. The van der Waals surface area contributed by atoms with Gasteiger partial charge >= 0.3 is 5.97 Å². The first-order valence-corrected chi connectivity index (χ1v) is 7.20. The van der Waals surface area contributed by atoms with E-state index in [2.05, 4.69) is 9.88 Å². The summed E-state index contributed by atoms with van der Waals surface area (Å²) >= 11 is 1.48. The standard InChI is InChI=1S/C12H19N3O3S/c1-18-10-9(7-8(13)11(16)17)19-12(14-10)15-5-3-2-4-6-15/h8H,2-7,13H2,1H3,(H,16,17). The molecule has 19 heavy (non-hydrogen) atoms. The van der Waals surface area contributed by atoms with E-state index in [1.54, 1.807) is 7.11 Å². The molecule has 0 spiro atoms. The number of carboxylic acid groups (broad SMARTS) is 1. The van der Waals surface area contributed by atoms with Gasteiger partial charge in [0.05, 0.1) is 12.0 Å². The highest BCUT2D eigenvalue weighted by atomic mass is 32.1. The van der Waals surface area contributed by atoms with Crippen molar-refractivity contribution in [3.05, 3.63) is 4.88 Å². The van der Waals surface area contributed by atoms with Crippen molar-refractivity contribution < 1.29 is 14.6 Å². The summed E-state index contributed by atoms with van der Waals surface area (Å²) in [7, 11) is 1.55. The van der Waals surface area contributed by atoms with Gasteiger partial charge in [-0.15, -0.1) is 0 Å². The summed E-state index contributed by atoms with van der Waals surface area (Å²) in [5.41, 5.74) is 5.57. The van der Waals surface area contributed by atoms with E-state index >= 15 is 0 Å². The second-order valence-corrected chi connectivity index (χ2v) is 5.69. The highest BCUT2D eigenvalue weighted by Crippen LogP contribution is 2.33. The molecule has 1 atom stereocenters. The summed E-state index contributed by atoms with van der Waals surface area (Å²) in [6.45, 7) is 2.00. The number of hydrogen-bond donors (Lipinski definition) is 2. The lowest BCUT2D eigenvalue weighted by atomic mass is 10.1. The van der Waals surface area contributed by atoms with Crippen molar-refractivity contribution in [3.63, 3.8) is 0 Å². The number of anilines is 1. The fourth-order valence-electron chi connectivity index (χ4n) is 2.12. The molecular formula is C12H19N3O3S. The SMILES string of the molecule is COc1nc(N2CCCCC2)sc1CC(N)C(=O)O. The van der Waals surface area contributed by atoms with Crippen molar-refractivity contribution in [2.75, 3.05) is 25.1 Å². The minimum absolute atomic E-state index is 0.254. The number of ether oxygens (including phenoxy) is 1. The fraction of sp³-hybridized carbons (Fsp3) is 0.667. The molecule has 1 fully saturated rings. The predicted octanol–water partition coefficient (Wildman–Crippen LogP) is 1.10. The number of aliphatic carboxylic acids is 1. The van der Waals surface area contributed by atoms with Crippen LogP contribution < -0.4 is 15.4 Å². The molecule has 1 aromatic rings. The number of carbonyl (C=O) groups is 1. The number of aromatic nitrogens is 1. The van der Waals surface area contributed by atoms with Crippen molar-refractivity contribution in [2.45, 2.75) is 31.7 Å². The Bertz CT molecular complexity index is 443. The number of methoxy groups -OCH3 is 1. The molecule has 7 heteroatoms. The zero-order valence-corrected chi connectivity index (χ0v) is 11.8. The normalized spacial score (nSPS) is 17.3. The Morgan fingerprint density at radius 1 is 1.53 bits per heavy atom. The second kappa shape index (κ2) is 6.21. The third kappa shape index (κ3) is 3.36. The van der Waals surface area contributed by atoms with E-state index in [0.29, 0.717) is 5.88 Å². The minimum Gasteiger partial charge on any atom is -0.480 e. The lowest BCUT2D eigenvalue weighted by Crippen LogP contribution is -2.32.